The van der Waals surface area contributed by atoms with Crippen molar-refractivity contribution in [1.82, 2.24) is 9.80 Å². The molecule has 5 heteroatoms. The molecule has 1 atom stereocenters. The van der Waals surface area contributed by atoms with Crippen LogP contribution >= 0.6 is 0 Å². The average molecular weight is 338 g/mol. The Balaban J connectivity index is 1.59. The zero-order valence-corrected chi connectivity index (χ0v) is 15.6. The van der Waals surface area contributed by atoms with E-state index in [2.05, 4.69) is 30.6 Å². The summed E-state index contributed by atoms with van der Waals surface area (Å²) in [6.07, 6.45) is 4.28. The van der Waals surface area contributed by atoms with Crippen LogP contribution in [0.15, 0.2) is 0 Å². The largest absolute Gasteiger partial charge is 0.381 e. The van der Waals surface area contributed by atoms with Gasteiger partial charge in [0, 0.05) is 63.6 Å². The maximum absolute atomic E-state index is 13.3. The van der Waals surface area contributed by atoms with Crippen LogP contribution in [-0.4, -0.2) is 73.9 Å². The summed E-state index contributed by atoms with van der Waals surface area (Å²) < 4.78 is 11.0. The van der Waals surface area contributed by atoms with Crippen molar-refractivity contribution < 1.29 is 14.3 Å². The first kappa shape index (κ1) is 18.2. The lowest BCUT2D eigenvalue weighted by Crippen LogP contribution is -2.60. The Morgan fingerprint density at radius 3 is 2.12 bits per heavy atom. The van der Waals surface area contributed by atoms with Crippen molar-refractivity contribution in [3.05, 3.63) is 0 Å². The Morgan fingerprint density at radius 1 is 0.958 bits per heavy atom. The predicted molar refractivity (Wildman–Crippen MR) is 93.9 cm³/mol. The van der Waals surface area contributed by atoms with E-state index in [9.17, 15) is 4.79 Å². The number of hydrogen-bond donors (Lipinski definition) is 0. The Labute approximate surface area is 146 Å². The smallest absolute Gasteiger partial charge is 0.228 e. The van der Waals surface area contributed by atoms with Gasteiger partial charge in [0.05, 0.1) is 0 Å². The van der Waals surface area contributed by atoms with Gasteiger partial charge in [-0.3, -0.25) is 9.69 Å². The monoisotopic (exact) mass is 338 g/mol. The number of nitrogens with zero attached hydrogens (tertiary/aromatic N) is 2. The van der Waals surface area contributed by atoms with Gasteiger partial charge in [0.25, 0.3) is 0 Å². The van der Waals surface area contributed by atoms with Crippen LogP contribution in [0.3, 0.4) is 0 Å². The standard InChI is InChI=1S/C19H34N2O3/c1-15-14-20(17-6-12-24-13-7-17)8-9-21(15)18(22)19(2,3)16-4-10-23-11-5-16/h15-17H,4-14H2,1-3H3/t15-/m1/s1. The number of hydrogen-bond acceptors (Lipinski definition) is 4. The summed E-state index contributed by atoms with van der Waals surface area (Å²) in [6, 6.07) is 0.940. The maximum atomic E-state index is 13.3. The molecule has 3 aliphatic rings. The van der Waals surface area contributed by atoms with Crippen molar-refractivity contribution >= 4 is 5.91 Å². The van der Waals surface area contributed by atoms with E-state index in [1.807, 2.05) is 0 Å². The van der Waals surface area contributed by atoms with Crippen LogP contribution in [0.2, 0.25) is 0 Å². The zero-order chi connectivity index (χ0) is 17.2. The van der Waals surface area contributed by atoms with E-state index in [-0.39, 0.29) is 5.41 Å². The molecule has 0 aromatic carbocycles. The molecule has 0 spiro atoms. The Kier molecular flexibility index (Phi) is 5.83. The molecule has 0 radical (unpaired) electrons. The number of ether oxygens (including phenoxy) is 2. The van der Waals surface area contributed by atoms with Crippen LogP contribution in [0, 0.1) is 11.3 Å². The summed E-state index contributed by atoms with van der Waals surface area (Å²) in [6.45, 7) is 12.7. The van der Waals surface area contributed by atoms with E-state index in [0.29, 0.717) is 23.9 Å². The summed E-state index contributed by atoms with van der Waals surface area (Å²) >= 11 is 0. The highest BCUT2D eigenvalue weighted by atomic mass is 16.5. The normalized spacial score (nSPS) is 29.0. The Bertz CT molecular complexity index is 428. The van der Waals surface area contributed by atoms with Crippen molar-refractivity contribution in [3.8, 4) is 0 Å². The van der Waals surface area contributed by atoms with Crippen LogP contribution in [0.1, 0.15) is 46.5 Å². The fourth-order valence-corrected chi connectivity index (χ4v) is 4.63. The third kappa shape index (κ3) is 3.78. The highest BCUT2D eigenvalue weighted by Crippen LogP contribution is 2.37. The van der Waals surface area contributed by atoms with Gasteiger partial charge in [0.2, 0.25) is 5.91 Å². The molecule has 1 amide bonds. The molecule has 3 heterocycles. The third-order valence-electron chi connectivity index (χ3n) is 6.42. The van der Waals surface area contributed by atoms with Gasteiger partial charge < -0.3 is 14.4 Å². The van der Waals surface area contributed by atoms with Crippen molar-refractivity contribution in [1.29, 1.82) is 0 Å². The van der Waals surface area contributed by atoms with Gasteiger partial charge >= 0.3 is 0 Å². The second-order valence-electron chi connectivity index (χ2n) is 8.29. The fraction of sp³-hybridized carbons (Fsp3) is 0.947. The molecule has 0 aromatic heterocycles. The molecule has 0 aliphatic carbocycles. The Hall–Kier alpha value is -0.650. The lowest BCUT2D eigenvalue weighted by molar-refractivity contribution is -0.151. The molecule has 0 unspecified atom stereocenters. The lowest BCUT2D eigenvalue weighted by atomic mass is 9.73. The fourth-order valence-electron chi connectivity index (χ4n) is 4.63. The topological polar surface area (TPSA) is 42.0 Å². The second kappa shape index (κ2) is 7.71. The first-order chi connectivity index (χ1) is 11.5. The number of carbonyl (C=O) groups excluding carboxylic acids is 1. The minimum absolute atomic E-state index is 0.279. The SMILES string of the molecule is C[C@@H]1CN(C2CCOCC2)CCN1C(=O)C(C)(C)C1CCOCC1. The maximum Gasteiger partial charge on any atom is 0.228 e. The van der Waals surface area contributed by atoms with Gasteiger partial charge in [-0.1, -0.05) is 13.8 Å². The van der Waals surface area contributed by atoms with Crippen molar-refractivity contribution in [2.45, 2.75) is 58.5 Å². The molecular weight excluding hydrogens is 304 g/mol. The summed E-state index contributed by atoms with van der Waals surface area (Å²) in [5.74, 6) is 0.785. The van der Waals surface area contributed by atoms with E-state index in [4.69, 9.17) is 9.47 Å². The van der Waals surface area contributed by atoms with Crippen molar-refractivity contribution in [2.24, 2.45) is 11.3 Å². The van der Waals surface area contributed by atoms with E-state index in [0.717, 1.165) is 71.7 Å². The van der Waals surface area contributed by atoms with E-state index in [1.165, 1.54) is 0 Å². The van der Waals surface area contributed by atoms with Gasteiger partial charge in [-0.25, -0.2) is 0 Å². The number of amides is 1. The first-order valence-corrected chi connectivity index (χ1v) is 9.70. The average Bonchev–Trinajstić information content (AvgIpc) is 2.62. The summed E-state index contributed by atoms with van der Waals surface area (Å²) in [4.78, 5) is 18.0. The number of piperazine rings is 1. The molecule has 0 bridgehead atoms. The third-order valence-corrected chi connectivity index (χ3v) is 6.42. The molecule has 0 saturated carbocycles. The van der Waals surface area contributed by atoms with E-state index in [1.54, 1.807) is 0 Å². The van der Waals surface area contributed by atoms with Gasteiger partial charge in [0.15, 0.2) is 0 Å². The molecule has 0 aromatic rings. The molecule has 3 fully saturated rings. The van der Waals surface area contributed by atoms with Crippen LogP contribution in [-0.2, 0) is 14.3 Å². The van der Waals surface area contributed by atoms with Gasteiger partial charge in [-0.2, -0.15) is 0 Å². The summed E-state index contributed by atoms with van der Waals surface area (Å²) in [5.41, 5.74) is -0.279. The number of rotatable bonds is 3. The minimum atomic E-state index is -0.279. The van der Waals surface area contributed by atoms with E-state index >= 15 is 0 Å². The van der Waals surface area contributed by atoms with Gasteiger partial charge in [-0.05, 0) is 38.5 Å². The first-order valence-electron chi connectivity index (χ1n) is 9.70. The molecule has 3 saturated heterocycles. The molecular formula is C19H34N2O3. The lowest BCUT2D eigenvalue weighted by Gasteiger charge is -2.47. The highest BCUT2D eigenvalue weighted by molar-refractivity contribution is 5.82. The molecule has 138 valence electrons. The van der Waals surface area contributed by atoms with Gasteiger partial charge in [0.1, 0.15) is 0 Å². The molecule has 3 aliphatic heterocycles. The van der Waals surface area contributed by atoms with E-state index < -0.39 is 0 Å². The second-order valence-corrected chi connectivity index (χ2v) is 8.29. The van der Waals surface area contributed by atoms with Crippen LogP contribution in [0.4, 0.5) is 0 Å². The zero-order valence-electron chi connectivity index (χ0n) is 15.6. The Morgan fingerprint density at radius 2 is 1.54 bits per heavy atom. The summed E-state index contributed by atoms with van der Waals surface area (Å²) in [5, 5.41) is 0. The highest BCUT2D eigenvalue weighted by Gasteiger charge is 2.42. The quantitative estimate of drug-likeness (QED) is 0.791. The van der Waals surface area contributed by atoms with Crippen LogP contribution < -0.4 is 0 Å². The molecule has 24 heavy (non-hydrogen) atoms. The predicted octanol–water partition coefficient (Wildman–Crippen LogP) is 2.15. The van der Waals surface area contributed by atoms with Crippen molar-refractivity contribution in [2.75, 3.05) is 46.1 Å². The number of carbonyl (C=O) groups is 1. The molecule has 5 nitrogen and oxygen atoms in total. The van der Waals surface area contributed by atoms with Crippen LogP contribution in [0.25, 0.3) is 0 Å². The van der Waals surface area contributed by atoms with Crippen LogP contribution in [0.5, 0.6) is 0 Å². The molecule has 3 rings (SSSR count). The van der Waals surface area contributed by atoms with Gasteiger partial charge in [-0.15, -0.1) is 0 Å². The van der Waals surface area contributed by atoms with Crippen molar-refractivity contribution in [3.63, 3.8) is 0 Å². The minimum Gasteiger partial charge on any atom is -0.381 e. The molecule has 0 N–H and O–H groups in total. The summed E-state index contributed by atoms with van der Waals surface area (Å²) in [7, 11) is 0.